The summed E-state index contributed by atoms with van der Waals surface area (Å²) in [6, 6.07) is 1.92. The molecule has 0 fully saturated rings. The molecule has 14 heavy (non-hydrogen) atoms. The van der Waals surface area contributed by atoms with Gasteiger partial charge in [-0.25, -0.2) is 4.68 Å². The first-order valence-electron chi connectivity index (χ1n) is 3.86. The van der Waals surface area contributed by atoms with Gasteiger partial charge in [-0.15, -0.1) is 11.3 Å². The Kier molecular flexibility index (Phi) is 2.80. The van der Waals surface area contributed by atoms with Gasteiger partial charge in [0.25, 0.3) is 0 Å². The zero-order valence-corrected chi connectivity index (χ0v) is 10.2. The molecule has 0 aliphatic rings. The van der Waals surface area contributed by atoms with Crippen LogP contribution in [0.3, 0.4) is 0 Å². The zero-order chi connectivity index (χ0) is 10.1. The van der Waals surface area contributed by atoms with E-state index in [0.29, 0.717) is 12.4 Å². The van der Waals surface area contributed by atoms with E-state index in [1.54, 1.807) is 22.2 Å². The third-order valence-corrected chi connectivity index (χ3v) is 3.64. The van der Waals surface area contributed by atoms with Gasteiger partial charge in [-0.1, -0.05) is 11.6 Å². The molecule has 3 nitrogen and oxygen atoms in total. The molecule has 2 rings (SSSR count). The molecular formula is C8H7BrClN3S. The summed E-state index contributed by atoms with van der Waals surface area (Å²) < 4.78 is 2.55. The average molecular weight is 293 g/mol. The monoisotopic (exact) mass is 291 g/mol. The lowest BCUT2D eigenvalue weighted by molar-refractivity contribution is 0.705. The smallest absolute Gasteiger partial charge is 0.136 e. The van der Waals surface area contributed by atoms with Crippen molar-refractivity contribution in [1.29, 1.82) is 0 Å². The van der Waals surface area contributed by atoms with Crippen molar-refractivity contribution in [2.75, 3.05) is 5.73 Å². The van der Waals surface area contributed by atoms with E-state index in [4.69, 9.17) is 17.3 Å². The molecule has 2 N–H and O–H groups in total. The molecule has 74 valence electrons. The summed E-state index contributed by atoms with van der Waals surface area (Å²) >= 11 is 10.7. The minimum absolute atomic E-state index is 0.634. The fraction of sp³-hybridized carbons (Fsp3) is 0.125. The number of halogens is 2. The summed E-state index contributed by atoms with van der Waals surface area (Å²) in [5.74, 6) is 0.634. The molecule has 0 unspecified atom stereocenters. The SMILES string of the molecule is Nc1c(Br)cnn1Cc1cc(Cl)cs1. The molecular weight excluding hydrogens is 286 g/mol. The van der Waals surface area contributed by atoms with Crippen LogP contribution in [0.25, 0.3) is 0 Å². The second kappa shape index (κ2) is 3.92. The van der Waals surface area contributed by atoms with E-state index in [1.807, 2.05) is 11.4 Å². The maximum Gasteiger partial charge on any atom is 0.136 e. The molecule has 6 heteroatoms. The molecule has 0 aliphatic heterocycles. The van der Waals surface area contributed by atoms with Gasteiger partial charge in [0.1, 0.15) is 5.82 Å². The Bertz CT molecular complexity index is 451. The largest absolute Gasteiger partial charge is 0.383 e. The molecule has 0 aliphatic carbocycles. The van der Waals surface area contributed by atoms with E-state index >= 15 is 0 Å². The summed E-state index contributed by atoms with van der Waals surface area (Å²) in [5, 5.41) is 6.78. The highest BCUT2D eigenvalue weighted by Crippen LogP contribution is 2.23. The van der Waals surface area contributed by atoms with Crippen molar-refractivity contribution in [1.82, 2.24) is 9.78 Å². The van der Waals surface area contributed by atoms with E-state index in [-0.39, 0.29) is 0 Å². The van der Waals surface area contributed by atoms with Crippen LogP contribution in [0.15, 0.2) is 22.1 Å². The Morgan fingerprint density at radius 2 is 2.43 bits per heavy atom. The highest BCUT2D eigenvalue weighted by Gasteiger charge is 2.06. The Morgan fingerprint density at radius 1 is 1.64 bits per heavy atom. The van der Waals surface area contributed by atoms with E-state index in [1.165, 1.54) is 0 Å². The quantitative estimate of drug-likeness (QED) is 0.925. The second-order valence-electron chi connectivity index (χ2n) is 2.77. The van der Waals surface area contributed by atoms with Crippen LogP contribution in [-0.4, -0.2) is 9.78 Å². The lowest BCUT2D eigenvalue weighted by Gasteiger charge is -2.00. The third-order valence-electron chi connectivity index (χ3n) is 1.76. The van der Waals surface area contributed by atoms with E-state index in [9.17, 15) is 0 Å². The topological polar surface area (TPSA) is 43.8 Å². The number of hydrogen-bond acceptors (Lipinski definition) is 3. The van der Waals surface area contributed by atoms with Crippen molar-refractivity contribution in [3.8, 4) is 0 Å². The molecule has 2 aromatic heterocycles. The second-order valence-corrected chi connectivity index (χ2v) is 5.05. The van der Waals surface area contributed by atoms with Crippen molar-refractivity contribution >= 4 is 44.7 Å². The van der Waals surface area contributed by atoms with Crippen molar-refractivity contribution in [2.24, 2.45) is 0 Å². The van der Waals surface area contributed by atoms with Crippen molar-refractivity contribution in [3.05, 3.63) is 32.0 Å². The summed E-state index contributed by atoms with van der Waals surface area (Å²) in [6.07, 6.45) is 1.69. The highest BCUT2D eigenvalue weighted by atomic mass is 79.9. The van der Waals surface area contributed by atoms with Gasteiger partial charge in [0.05, 0.1) is 22.2 Å². The molecule has 0 amide bonds. The first-order valence-corrected chi connectivity index (χ1v) is 5.91. The number of thiophene rings is 1. The van der Waals surface area contributed by atoms with Gasteiger partial charge < -0.3 is 5.73 Å². The number of rotatable bonds is 2. The summed E-state index contributed by atoms with van der Waals surface area (Å²) in [4.78, 5) is 1.14. The summed E-state index contributed by atoms with van der Waals surface area (Å²) in [5.41, 5.74) is 5.78. The fourth-order valence-corrected chi connectivity index (χ4v) is 2.43. The Hall–Kier alpha value is -0.520. The van der Waals surface area contributed by atoms with E-state index in [2.05, 4.69) is 21.0 Å². The number of hydrogen-bond donors (Lipinski definition) is 1. The Labute approximate surface area is 98.6 Å². The van der Waals surface area contributed by atoms with E-state index in [0.717, 1.165) is 14.4 Å². The lowest BCUT2D eigenvalue weighted by atomic mass is 10.4. The molecule has 2 heterocycles. The molecule has 2 aromatic rings. The van der Waals surface area contributed by atoms with Gasteiger partial charge in [0.15, 0.2) is 0 Å². The van der Waals surface area contributed by atoms with Crippen LogP contribution in [0.5, 0.6) is 0 Å². The van der Waals surface area contributed by atoms with Crippen LogP contribution in [0.1, 0.15) is 4.88 Å². The number of nitrogens with two attached hydrogens (primary N) is 1. The molecule has 0 bridgehead atoms. The van der Waals surface area contributed by atoms with Crippen LogP contribution < -0.4 is 5.73 Å². The number of nitrogen functional groups attached to an aromatic ring is 1. The van der Waals surface area contributed by atoms with Crippen molar-refractivity contribution in [2.45, 2.75) is 6.54 Å². The third kappa shape index (κ3) is 1.94. The van der Waals surface area contributed by atoms with Crippen LogP contribution >= 0.6 is 38.9 Å². The van der Waals surface area contributed by atoms with Crippen molar-refractivity contribution < 1.29 is 0 Å². The minimum Gasteiger partial charge on any atom is -0.383 e. The Balaban J connectivity index is 2.22. The first-order chi connectivity index (χ1) is 6.66. The van der Waals surface area contributed by atoms with Gasteiger partial charge in [-0.2, -0.15) is 5.10 Å². The summed E-state index contributed by atoms with van der Waals surface area (Å²) in [6.45, 7) is 0.662. The standard InChI is InChI=1S/C8H7BrClN3S/c9-7-2-12-13(8(7)11)3-6-1-5(10)4-14-6/h1-2,4H,3,11H2. The number of anilines is 1. The zero-order valence-electron chi connectivity index (χ0n) is 7.08. The molecule has 0 spiro atoms. The first kappa shape index (κ1) is 10.0. The highest BCUT2D eigenvalue weighted by molar-refractivity contribution is 9.10. The minimum atomic E-state index is 0.634. The maximum absolute atomic E-state index is 5.81. The van der Waals surface area contributed by atoms with Crippen LogP contribution in [0.2, 0.25) is 5.02 Å². The molecule has 0 saturated heterocycles. The van der Waals surface area contributed by atoms with E-state index < -0.39 is 0 Å². The number of aromatic nitrogens is 2. The molecule has 0 saturated carbocycles. The number of nitrogens with zero attached hydrogens (tertiary/aromatic N) is 2. The van der Waals surface area contributed by atoms with Crippen LogP contribution in [0.4, 0.5) is 5.82 Å². The predicted octanol–water partition coefficient (Wildman–Crippen LogP) is 2.99. The van der Waals surface area contributed by atoms with Gasteiger partial charge in [0.2, 0.25) is 0 Å². The molecule has 0 aromatic carbocycles. The van der Waals surface area contributed by atoms with Gasteiger partial charge >= 0.3 is 0 Å². The van der Waals surface area contributed by atoms with Gasteiger partial charge in [-0.05, 0) is 22.0 Å². The normalized spacial score (nSPS) is 10.7. The average Bonchev–Trinajstić information content (AvgIpc) is 2.67. The lowest BCUT2D eigenvalue weighted by Crippen LogP contribution is -2.04. The fourth-order valence-electron chi connectivity index (χ4n) is 1.08. The van der Waals surface area contributed by atoms with Gasteiger partial charge in [-0.3, -0.25) is 0 Å². The van der Waals surface area contributed by atoms with Crippen LogP contribution in [-0.2, 0) is 6.54 Å². The van der Waals surface area contributed by atoms with Crippen molar-refractivity contribution in [3.63, 3.8) is 0 Å². The maximum atomic E-state index is 5.81. The molecule has 0 radical (unpaired) electrons. The van der Waals surface area contributed by atoms with Gasteiger partial charge in [0, 0.05) is 10.3 Å². The Morgan fingerprint density at radius 3 is 2.93 bits per heavy atom. The predicted molar refractivity (Wildman–Crippen MR) is 62.8 cm³/mol. The van der Waals surface area contributed by atoms with Crippen LogP contribution in [0, 0.1) is 0 Å². The summed E-state index contributed by atoms with van der Waals surface area (Å²) in [7, 11) is 0. The molecule has 0 atom stereocenters.